The molecule has 0 aromatic heterocycles. The third-order valence-electron chi connectivity index (χ3n) is 4.79. The summed E-state index contributed by atoms with van der Waals surface area (Å²) in [6, 6.07) is 12.0. The van der Waals surface area contributed by atoms with Crippen LogP contribution in [0, 0.1) is 0 Å². The van der Waals surface area contributed by atoms with Gasteiger partial charge < -0.3 is 13.7 Å². The summed E-state index contributed by atoms with van der Waals surface area (Å²) in [4.78, 5) is 37.8. The monoisotopic (exact) mass is 505 g/mol. The molecule has 11 heteroatoms. The number of thioether (sulfide) groups is 1. The quantitative estimate of drug-likeness (QED) is 0.285. The number of nitrogens with zero attached hydrogens (tertiary/aromatic N) is 1. The van der Waals surface area contributed by atoms with Gasteiger partial charge in [0.2, 0.25) is 0 Å². The summed E-state index contributed by atoms with van der Waals surface area (Å²) in [5, 5.41) is -0.585. The molecule has 0 saturated carbocycles. The zero-order chi connectivity index (χ0) is 24.9. The van der Waals surface area contributed by atoms with Gasteiger partial charge in [-0.05, 0) is 61.0 Å². The zero-order valence-corrected chi connectivity index (χ0v) is 20.4. The fourth-order valence-corrected chi connectivity index (χ4v) is 4.66. The number of imide groups is 1. The molecular weight excluding hydrogens is 482 g/mol. The molecule has 2 aromatic carbocycles. The van der Waals surface area contributed by atoms with E-state index in [0.717, 1.165) is 4.90 Å². The first-order valence-electron chi connectivity index (χ1n) is 10.3. The normalized spacial score (nSPS) is 16.0. The number of amides is 2. The second-order valence-corrected chi connectivity index (χ2v) is 9.78. The molecule has 1 atom stereocenters. The molecule has 34 heavy (non-hydrogen) atoms. The van der Waals surface area contributed by atoms with Crippen molar-refractivity contribution in [2.24, 2.45) is 0 Å². The maximum absolute atomic E-state index is 12.6. The van der Waals surface area contributed by atoms with Crippen LogP contribution in [0.25, 0.3) is 6.08 Å². The van der Waals surface area contributed by atoms with E-state index in [4.69, 9.17) is 13.7 Å². The van der Waals surface area contributed by atoms with Crippen molar-refractivity contribution in [1.29, 1.82) is 0 Å². The van der Waals surface area contributed by atoms with E-state index in [-0.39, 0.29) is 27.4 Å². The van der Waals surface area contributed by atoms with E-state index in [1.54, 1.807) is 25.1 Å². The predicted octanol–water partition coefficient (Wildman–Crippen LogP) is 3.84. The molecule has 0 N–H and O–H groups in total. The van der Waals surface area contributed by atoms with Crippen LogP contribution in [-0.4, -0.2) is 50.2 Å². The SMILES string of the molecule is CC[C@@H](C)OC(=O)CN1C(=O)S/C(=C\c2ccc(OS(=O)(=O)c3ccccc3)c(OC)c2)C1=O. The third-order valence-corrected chi connectivity index (χ3v) is 6.94. The van der Waals surface area contributed by atoms with Crippen molar-refractivity contribution in [2.75, 3.05) is 13.7 Å². The van der Waals surface area contributed by atoms with E-state index in [9.17, 15) is 22.8 Å². The molecular formula is C23H23NO8S2. The van der Waals surface area contributed by atoms with E-state index in [1.165, 1.54) is 43.5 Å². The molecule has 2 amide bonds. The average Bonchev–Trinajstić information content (AvgIpc) is 3.07. The number of esters is 1. The van der Waals surface area contributed by atoms with Crippen molar-refractivity contribution in [3.8, 4) is 11.5 Å². The molecule has 1 aliphatic heterocycles. The second-order valence-electron chi connectivity index (χ2n) is 7.24. The first-order chi connectivity index (χ1) is 16.1. The first-order valence-corrected chi connectivity index (χ1v) is 12.5. The van der Waals surface area contributed by atoms with Gasteiger partial charge in [-0.15, -0.1) is 0 Å². The van der Waals surface area contributed by atoms with Crippen molar-refractivity contribution in [3.05, 3.63) is 59.0 Å². The zero-order valence-electron chi connectivity index (χ0n) is 18.7. The average molecular weight is 506 g/mol. The third kappa shape index (κ3) is 5.97. The van der Waals surface area contributed by atoms with Crippen LogP contribution in [0.2, 0.25) is 0 Å². The molecule has 0 aliphatic carbocycles. The van der Waals surface area contributed by atoms with Crippen LogP contribution in [-0.2, 0) is 24.4 Å². The fraction of sp³-hybridized carbons (Fsp3) is 0.261. The van der Waals surface area contributed by atoms with Gasteiger partial charge in [-0.3, -0.25) is 19.3 Å². The van der Waals surface area contributed by atoms with Gasteiger partial charge in [0.05, 0.1) is 18.1 Å². The lowest BCUT2D eigenvalue weighted by Crippen LogP contribution is -2.35. The van der Waals surface area contributed by atoms with Crippen LogP contribution in [0.1, 0.15) is 25.8 Å². The van der Waals surface area contributed by atoms with Gasteiger partial charge in [0.1, 0.15) is 11.4 Å². The lowest BCUT2D eigenvalue weighted by Gasteiger charge is -2.14. The first kappa shape index (κ1) is 25.3. The minimum atomic E-state index is -4.08. The Morgan fingerprint density at radius 3 is 2.47 bits per heavy atom. The van der Waals surface area contributed by atoms with Crippen molar-refractivity contribution < 1.29 is 36.5 Å². The summed E-state index contributed by atoms with van der Waals surface area (Å²) in [6.45, 7) is 3.10. The van der Waals surface area contributed by atoms with Crippen LogP contribution in [0.5, 0.6) is 11.5 Å². The predicted molar refractivity (Wildman–Crippen MR) is 126 cm³/mol. The summed E-state index contributed by atoms with van der Waals surface area (Å²) in [7, 11) is -2.73. The Morgan fingerprint density at radius 2 is 1.82 bits per heavy atom. The van der Waals surface area contributed by atoms with Gasteiger partial charge in [0, 0.05) is 0 Å². The highest BCUT2D eigenvalue weighted by molar-refractivity contribution is 8.18. The lowest BCUT2D eigenvalue weighted by atomic mass is 10.2. The Bertz CT molecular complexity index is 1220. The number of rotatable bonds is 9. The molecule has 0 spiro atoms. The molecule has 1 aliphatic rings. The molecule has 1 heterocycles. The van der Waals surface area contributed by atoms with Gasteiger partial charge in [-0.2, -0.15) is 8.42 Å². The standard InChI is InChI=1S/C23H23NO8S2/c1-4-15(2)31-21(25)14-24-22(26)20(33-23(24)27)13-16-10-11-18(19(12-16)30-3)32-34(28,29)17-8-6-5-7-9-17/h5-13,15H,4,14H2,1-3H3/b20-13-/t15-/m1/s1. The number of carbonyl (C=O) groups excluding carboxylic acids is 3. The van der Waals surface area contributed by atoms with Crippen LogP contribution in [0.4, 0.5) is 4.79 Å². The Kier molecular flexibility index (Phi) is 8.00. The Morgan fingerprint density at radius 1 is 1.12 bits per heavy atom. The van der Waals surface area contributed by atoms with Crippen LogP contribution >= 0.6 is 11.8 Å². The topological polar surface area (TPSA) is 116 Å². The van der Waals surface area contributed by atoms with Gasteiger partial charge >= 0.3 is 16.1 Å². The number of benzene rings is 2. The maximum Gasteiger partial charge on any atom is 0.339 e. The van der Waals surface area contributed by atoms with Crippen molar-refractivity contribution in [1.82, 2.24) is 4.90 Å². The van der Waals surface area contributed by atoms with E-state index in [2.05, 4.69) is 0 Å². The minimum absolute atomic E-state index is 0.0124. The van der Waals surface area contributed by atoms with Gasteiger partial charge in [-0.25, -0.2) is 0 Å². The highest BCUT2D eigenvalue weighted by Crippen LogP contribution is 2.35. The van der Waals surface area contributed by atoms with E-state index < -0.39 is 33.8 Å². The summed E-state index contributed by atoms with van der Waals surface area (Å²) in [5.74, 6) is -1.21. The second kappa shape index (κ2) is 10.7. The molecule has 2 aromatic rings. The number of hydrogen-bond acceptors (Lipinski definition) is 9. The van der Waals surface area contributed by atoms with Crippen LogP contribution < -0.4 is 8.92 Å². The van der Waals surface area contributed by atoms with Crippen molar-refractivity contribution in [2.45, 2.75) is 31.3 Å². The summed E-state index contributed by atoms with van der Waals surface area (Å²) in [6.07, 6.45) is 1.74. The van der Waals surface area contributed by atoms with Gasteiger partial charge in [-0.1, -0.05) is 31.2 Å². The van der Waals surface area contributed by atoms with E-state index in [0.29, 0.717) is 23.7 Å². The van der Waals surface area contributed by atoms with Gasteiger partial charge in [0.25, 0.3) is 11.1 Å². The largest absolute Gasteiger partial charge is 0.493 e. The van der Waals surface area contributed by atoms with Crippen molar-refractivity contribution >= 4 is 45.1 Å². The highest BCUT2D eigenvalue weighted by Gasteiger charge is 2.37. The Labute approximate surface area is 201 Å². The molecule has 0 unspecified atom stereocenters. The molecule has 0 radical (unpaired) electrons. The Balaban J connectivity index is 1.78. The van der Waals surface area contributed by atoms with E-state index >= 15 is 0 Å². The summed E-state index contributed by atoms with van der Waals surface area (Å²) >= 11 is 0.691. The molecule has 180 valence electrons. The lowest BCUT2D eigenvalue weighted by molar-refractivity contribution is -0.150. The van der Waals surface area contributed by atoms with Crippen LogP contribution in [0.15, 0.2) is 58.3 Å². The molecule has 1 saturated heterocycles. The highest BCUT2D eigenvalue weighted by atomic mass is 32.2. The van der Waals surface area contributed by atoms with E-state index in [1.807, 2.05) is 6.92 Å². The number of methoxy groups -OCH3 is 1. The number of hydrogen-bond donors (Lipinski definition) is 0. The number of ether oxygens (including phenoxy) is 2. The fourth-order valence-electron chi connectivity index (χ4n) is 2.86. The van der Waals surface area contributed by atoms with Crippen LogP contribution in [0.3, 0.4) is 0 Å². The molecule has 9 nitrogen and oxygen atoms in total. The number of carbonyl (C=O) groups is 3. The van der Waals surface area contributed by atoms with Gasteiger partial charge in [0.15, 0.2) is 11.5 Å². The smallest absolute Gasteiger partial charge is 0.339 e. The Hall–Kier alpha value is -3.31. The molecule has 0 bridgehead atoms. The molecule has 3 rings (SSSR count). The van der Waals surface area contributed by atoms with Crippen molar-refractivity contribution in [3.63, 3.8) is 0 Å². The maximum atomic E-state index is 12.6. The summed E-state index contributed by atoms with van der Waals surface area (Å²) < 4.78 is 40.6. The minimum Gasteiger partial charge on any atom is -0.493 e. The summed E-state index contributed by atoms with van der Waals surface area (Å²) in [5.41, 5.74) is 0.467. The molecule has 1 fully saturated rings.